The minimum Gasteiger partial charge on any atom is -0.393 e. The van der Waals surface area contributed by atoms with E-state index in [-0.39, 0.29) is 6.10 Å². The second-order valence-electron chi connectivity index (χ2n) is 4.49. The predicted octanol–water partition coefficient (Wildman–Crippen LogP) is 3.35. The third kappa shape index (κ3) is 5.04. The number of rotatable bonds is 6. The average molecular weight is 238 g/mol. The van der Waals surface area contributed by atoms with Crippen LogP contribution in [0.25, 0.3) is 0 Å². The van der Waals surface area contributed by atoms with Gasteiger partial charge in [0.25, 0.3) is 0 Å². The fourth-order valence-electron chi connectivity index (χ4n) is 2.02. The molecule has 1 N–H and O–H groups in total. The molecule has 0 saturated carbocycles. The number of hydrogen-bond acceptors (Lipinski definition) is 2. The van der Waals surface area contributed by atoms with Gasteiger partial charge in [0.05, 0.1) is 6.10 Å². The summed E-state index contributed by atoms with van der Waals surface area (Å²) in [7, 11) is 0. The molecule has 0 aliphatic rings. The highest BCUT2D eigenvalue weighted by Crippen LogP contribution is 2.13. The molecule has 1 nitrogen and oxygen atoms in total. The summed E-state index contributed by atoms with van der Waals surface area (Å²) < 4.78 is 0. The van der Waals surface area contributed by atoms with Crippen LogP contribution in [-0.2, 0) is 6.42 Å². The molecule has 90 valence electrons. The van der Waals surface area contributed by atoms with Gasteiger partial charge in [-0.1, -0.05) is 29.3 Å². The van der Waals surface area contributed by atoms with E-state index in [9.17, 15) is 5.11 Å². The van der Waals surface area contributed by atoms with Gasteiger partial charge in [-0.05, 0) is 50.7 Å². The van der Waals surface area contributed by atoms with E-state index in [0.717, 1.165) is 25.0 Å². The maximum atomic E-state index is 9.90. The van der Waals surface area contributed by atoms with E-state index >= 15 is 0 Å². The van der Waals surface area contributed by atoms with Crippen molar-refractivity contribution >= 4 is 11.8 Å². The first-order chi connectivity index (χ1) is 7.61. The number of thioether (sulfide) groups is 1. The maximum Gasteiger partial charge on any atom is 0.0580 e. The highest BCUT2D eigenvalue weighted by Gasteiger charge is 2.06. The van der Waals surface area contributed by atoms with Crippen LogP contribution in [0.2, 0.25) is 0 Å². The van der Waals surface area contributed by atoms with Crippen LogP contribution in [0.1, 0.15) is 29.5 Å². The number of aliphatic hydroxyl groups excluding tert-OH is 1. The minimum absolute atomic E-state index is 0.187. The van der Waals surface area contributed by atoms with Crippen molar-refractivity contribution in [1.29, 1.82) is 0 Å². The molecular formula is C14H22OS. The molecule has 0 heterocycles. The fraction of sp³-hybridized carbons (Fsp3) is 0.571. The average Bonchev–Trinajstić information content (AvgIpc) is 2.16. The zero-order valence-electron chi connectivity index (χ0n) is 10.5. The smallest absolute Gasteiger partial charge is 0.0580 e. The molecule has 0 aromatic heterocycles. The molecular weight excluding hydrogens is 216 g/mol. The normalized spacial score (nSPS) is 12.8. The molecule has 0 bridgehead atoms. The molecule has 16 heavy (non-hydrogen) atoms. The van der Waals surface area contributed by atoms with Crippen LogP contribution in [0.15, 0.2) is 18.2 Å². The third-order valence-electron chi connectivity index (χ3n) is 2.64. The fourth-order valence-corrected chi connectivity index (χ4v) is 2.48. The molecule has 1 unspecified atom stereocenters. The Morgan fingerprint density at radius 3 is 2.38 bits per heavy atom. The van der Waals surface area contributed by atoms with E-state index in [4.69, 9.17) is 0 Å². The van der Waals surface area contributed by atoms with Gasteiger partial charge in [-0.15, -0.1) is 0 Å². The zero-order valence-corrected chi connectivity index (χ0v) is 11.3. The second-order valence-corrected chi connectivity index (χ2v) is 5.47. The summed E-state index contributed by atoms with van der Waals surface area (Å²) in [6, 6.07) is 6.51. The molecule has 2 heteroatoms. The monoisotopic (exact) mass is 238 g/mol. The summed E-state index contributed by atoms with van der Waals surface area (Å²) in [6.45, 7) is 4.22. The molecule has 1 rings (SSSR count). The van der Waals surface area contributed by atoms with Crippen LogP contribution in [0, 0.1) is 13.8 Å². The van der Waals surface area contributed by atoms with Crippen LogP contribution in [0.3, 0.4) is 0 Å². The van der Waals surface area contributed by atoms with Crippen molar-refractivity contribution in [3.05, 3.63) is 34.9 Å². The lowest BCUT2D eigenvalue weighted by atomic mass is 10.0. The van der Waals surface area contributed by atoms with Gasteiger partial charge in [-0.3, -0.25) is 0 Å². The lowest BCUT2D eigenvalue weighted by Crippen LogP contribution is -2.11. The number of benzene rings is 1. The Morgan fingerprint density at radius 2 is 1.81 bits per heavy atom. The van der Waals surface area contributed by atoms with Gasteiger partial charge in [-0.25, -0.2) is 0 Å². The quantitative estimate of drug-likeness (QED) is 0.767. The zero-order chi connectivity index (χ0) is 12.0. The molecule has 0 saturated heterocycles. The molecule has 0 fully saturated rings. The molecule has 0 spiro atoms. The first kappa shape index (κ1) is 13.6. The topological polar surface area (TPSA) is 20.2 Å². The van der Waals surface area contributed by atoms with Crippen molar-refractivity contribution in [2.75, 3.05) is 12.0 Å². The van der Waals surface area contributed by atoms with Crippen LogP contribution in [0.5, 0.6) is 0 Å². The Labute approximate surface area is 103 Å². The standard InChI is InChI=1S/C14H22OS/c1-11-7-12(2)9-13(8-11)10-14(15)5-4-6-16-3/h7-9,14-15H,4-6,10H2,1-3H3. The predicted molar refractivity (Wildman–Crippen MR) is 73.2 cm³/mol. The minimum atomic E-state index is -0.187. The summed E-state index contributed by atoms with van der Waals surface area (Å²) in [4.78, 5) is 0. The van der Waals surface area contributed by atoms with Gasteiger partial charge in [0.2, 0.25) is 0 Å². The highest BCUT2D eigenvalue weighted by molar-refractivity contribution is 7.98. The van der Waals surface area contributed by atoms with E-state index in [1.807, 2.05) is 11.8 Å². The van der Waals surface area contributed by atoms with Gasteiger partial charge in [0.1, 0.15) is 0 Å². The van der Waals surface area contributed by atoms with Crippen molar-refractivity contribution < 1.29 is 5.11 Å². The summed E-state index contributed by atoms with van der Waals surface area (Å²) in [5, 5.41) is 9.90. The number of aliphatic hydroxyl groups is 1. The summed E-state index contributed by atoms with van der Waals surface area (Å²) in [5.41, 5.74) is 3.83. The molecule has 0 aliphatic heterocycles. The van der Waals surface area contributed by atoms with E-state index < -0.39 is 0 Å². The van der Waals surface area contributed by atoms with Crippen LogP contribution >= 0.6 is 11.8 Å². The van der Waals surface area contributed by atoms with E-state index in [0.29, 0.717) is 0 Å². The third-order valence-corrected chi connectivity index (χ3v) is 3.34. The first-order valence-electron chi connectivity index (χ1n) is 5.86. The van der Waals surface area contributed by atoms with Crippen LogP contribution < -0.4 is 0 Å². The van der Waals surface area contributed by atoms with Crippen molar-refractivity contribution in [3.8, 4) is 0 Å². The number of hydrogen-bond donors (Lipinski definition) is 1. The Hall–Kier alpha value is -0.470. The van der Waals surface area contributed by atoms with E-state index in [1.165, 1.54) is 16.7 Å². The second kappa shape index (κ2) is 6.97. The molecule has 1 atom stereocenters. The molecule has 0 amide bonds. The molecule has 0 radical (unpaired) electrons. The largest absolute Gasteiger partial charge is 0.393 e. The van der Waals surface area contributed by atoms with E-state index in [1.54, 1.807) is 0 Å². The molecule has 0 aliphatic carbocycles. The van der Waals surface area contributed by atoms with Crippen molar-refractivity contribution in [3.63, 3.8) is 0 Å². The lowest BCUT2D eigenvalue weighted by molar-refractivity contribution is 0.164. The van der Waals surface area contributed by atoms with Gasteiger partial charge in [0.15, 0.2) is 0 Å². The first-order valence-corrected chi connectivity index (χ1v) is 7.25. The van der Waals surface area contributed by atoms with Crippen LogP contribution in [0.4, 0.5) is 0 Å². The van der Waals surface area contributed by atoms with Crippen molar-refractivity contribution in [2.24, 2.45) is 0 Å². The van der Waals surface area contributed by atoms with Gasteiger partial charge >= 0.3 is 0 Å². The Bertz CT molecular complexity index is 302. The highest BCUT2D eigenvalue weighted by atomic mass is 32.2. The van der Waals surface area contributed by atoms with Crippen molar-refractivity contribution in [1.82, 2.24) is 0 Å². The number of aryl methyl sites for hydroxylation is 2. The van der Waals surface area contributed by atoms with Gasteiger partial charge in [-0.2, -0.15) is 11.8 Å². The Kier molecular flexibility index (Phi) is 5.93. The molecule has 1 aromatic carbocycles. The SMILES string of the molecule is CSCCCC(O)Cc1cc(C)cc(C)c1. The summed E-state index contributed by atoms with van der Waals surface area (Å²) in [6.07, 6.45) is 4.72. The molecule has 1 aromatic rings. The maximum absolute atomic E-state index is 9.90. The summed E-state index contributed by atoms with van der Waals surface area (Å²) >= 11 is 1.84. The van der Waals surface area contributed by atoms with Gasteiger partial charge in [0, 0.05) is 0 Å². The van der Waals surface area contributed by atoms with E-state index in [2.05, 4.69) is 38.3 Å². The summed E-state index contributed by atoms with van der Waals surface area (Å²) in [5.74, 6) is 1.14. The Balaban J connectivity index is 2.45. The Morgan fingerprint density at radius 1 is 1.19 bits per heavy atom. The van der Waals surface area contributed by atoms with Gasteiger partial charge < -0.3 is 5.11 Å². The lowest BCUT2D eigenvalue weighted by Gasteiger charge is -2.11. The van der Waals surface area contributed by atoms with Crippen LogP contribution in [-0.4, -0.2) is 23.2 Å². The van der Waals surface area contributed by atoms with Crippen molar-refractivity contribution in [2.45, 2.75) is 39.2 Å².